The molecule has 2 heterocycles. The minimum Gasteiger partial charge on any atom is -0.326 e. The third-order valence-corrected chi connectivity index (χ3v) is 4.98. The molecule has 1 aromatic rings. The van der Waals surface area contributed by atoms with Crippen molar-refractivity contribution in [3.63, 3.8) is 0 Å². The third kappa shape index (κ3) is 3.33. The van der Waals surface area contributed by atoms with Crippen LogP contribution in [-0.2, 0) is 16.6 Å². The molecule has 0 bridgehead atoms. The van der Waals surface area contributed by atoms with E-state index in [1.165, 1.54) is 6.20 Å². The summed E-state index contributed by atoms with van der Waals surface area (Å²) < 4.78 is 27.3. The second-order valence-electron chi connectivity index (χ2n) is 4.78. The number of nitrogens with one attached hydrogen (secondary N) is 2. The van der Waals surface area contributed by atoms with Crippen molar-refractivity contribution in [2.45, 2.75) is 37.4 Å². The number of aromatic amines is 1. The van der Waals surface area contributed by atoms with Crippen molar-refractivity contribution in [2.75, 3.05) is 19.6 Å². The lowest BCUT2D eigenvalue weighted by Gasteiger charge is -2.31. The van der Waals surface area contributed by atoms with Crippen LogP contribution in [0.25, 0.3) is 0 Å². The molecule has 0 radical (unpaired) electrons. The molecular weight excluding hydrogens is 266 g/mol. The van der Waals surface area contributed by atoms with Gasteiger partial charge in [0.1, 0.15) is 0 Å². The van der Waals surface area contributed by atoms with Crippen molar-refractivity contribution in [1.82, 2.24) is 19.8 Å². The summed E-state index contributed by atoms with van der Waals surface area (Å²) in [6.45, 7) is 4.96. The molecule has 1 aliphatic rings. The molecule has 1 unspecified atom stereocenters. The summed E-state index contributed by atoms with van der Waals surface area (Å²) in [5.74, 6) is 0. The highest BCUT2D eigenvalue weighted by atomic mass is 32.2. The SMILES string of the molecule is CCN1CCCC(NS(=O)(=O)c2[nH]ncc2CN)C1. The molecule has 2 rings (SSSR count). The van der Waals surface area contributed by atoms with Gasteiger partial charge in [-0.25, -0.2) is 13.1 Å². The Bertz CT molecular complexity index is 513. The Balaban J connectivity index is 2.09. The normalized spacial score (nSPS) is 21.7. The summed E-state index contributed by atoms with van der Waals surface area (Å²) in [5, 5.41) is 6.35. The molecule has 1 aliphatic heterocycles. The number of nitrogens with zero attached hydrogens (tertiary/aromatic N) is 2. The van der Waals surface area contributed by atoms with Gasteiger partial charge in [0, 0.05) is 24.7 Å². The van der Waals surface area contributed by atoms with Crippen LogP contribution in [0.5, 0.6) is 0 Å². The molecule has 1 saturated heterocycles. The predicted molar refractivity (Wildman–Crippen MR) is 71.9 cm³/mol. The Labute approximate surface area is 113 Å². The van der Waals surface area contributed by atoms with Crippen molar-refractivity contribution < 1.29 is 8.42 Å². The number of H-pyrrole nitrogens is 1. The number of aromatic nitrogens is 2. The molecule has 1 aromatic heterocycles. The zero-order valence-corrected chi connectivity index (χ0v) is 11.9. The fraction of sp³-hybridized carbons (Fsp3) is 0.727. The van der Waals surface area contributed by atoms with E-state index in [0.29, 0.717) is 5.56 Å². The molecule has 0 saturated carbocycles. The lowest BCUT2D eigenvalue weighted by molar-refractivity contribution is 0.211. The number of sulfonamides is 1. The van der Waals surface area contributed by atoms with Gasteiger partial charge in [-0.15, -0.1) is 0 Å². The lowest BCUT2D eigenvalue weighted by Crippen LogP contribution is -2.47. The monoisotopic (exact) mass is 287 g/mol. The first kappa shape index (κ1) is 14.4. The molecule has 1 atom stereocenters. The van der Waals surface area contributed by atoms with Crippen molar-refractivity contribution in [2.24, 2.45) is 5.73 Å². The van der Waals surface area contributed by atoms with E-state index in [2.05, 4.69) is 26.7 Å². The number of hydrogen-bond donors (Lipinski definition) is 3. The molecule has 19 heavy (non-hydrogen) atoms. The summed E-state index contributed by atoms with van der Waals surface area (Å²) in [7, 11) is -3.57. The van der Waals surface area contributed by atoms with Crippen LogP contribution in [0.2, 0.25) is 0 Å². The van der Waals surface area contributed by atoms with Crippen LogP contribution >= 0.6 is 0 Å². The van der Waals surface area contributed by atoms with Crippen LogP contribution in [-0.4, -0.2) is 49.2 Å². The van der Waals surface area contributed by atoms with Gasteiger partial charge in [-0.1, -0.05) is 6.92 Å². The van der Waals surface area contributed by atoms with Crippen LogP contribution < -0.4 is 10.5 Å². The Hall–Kier alpha value is -0.960. The van der Waals surface area contributed by atoms with Crippen LogP contribution in [0.3, 0.4) is 0 Å². The van der Waals surface area contributed by atoms with E-state index in [4.69, 9.17) is 5.73 Å². The van der Waals surface area contributed by atoms with Crippen LogP contribution in [0.1, 0.15) is 25.3 Å². The second kappa shape index (κ2) is 6.00. The maximum atomic E-state index is 12.3. The molecule has 0 aromatic carbocycles. The van der Waals surface area contributed by atoms with Crippen LogP contribution in [0.15, 0.2) is 11.2 Å². The minimum absolute atomic E-state index is 0.0485. The number of nitrogens with two attached hydrogens (primary N) is 1. The van der Waals surface area contributed by atoms with Crippen molar-refractivity contribution in [3.8, 4) is 0 Å². The largest absolute Gasteiger partial charge is 0.326 e. The summed E-state index contributed by atoms with van der Waals surface area (Å²) in [4.78, 5) is 2.24. The van der Waals surface area contributed by atoms with E-state index < -0.39 is 10.0 Å². The Morgan fingerprint density at radius 2 is 2.42 bits per heavy atom. The topological polar surface area (TPSA) is 104 Å². The summed E-state index contributed by atoms with van der Waals surface area (Å²) in [6, 6.07) is -0.0485. The van der Waals surface area contributed by atoms with E-state index in [1.54, 1.807) is 0 Å². The number of piperidine rings is 1. The molecular formula is C11H21N5O2S. The first-order valence-electron chi connectivity index (χ1n) is 6.53. The first-order valence-corrected chi connectivity index (χ1v) is 8.02. The van der Waals surface area contributed by atoms with Gasteiger partial charge in [0.2, 0.25) is 0 Å². The van der Waals surface area contributed by atoms with Gasteiger partial charge in [-0.05, 0) is 25.9 Å². The lowest BCUT2D eigenvalue weighted by atomic mass is 10.1. The molecule has 0 amide bonds. The molecule has 7 nitrogen and oxygen atoms in total. The van der Waals surface area contributed by atoms with Gasteiger partial charge in [0.05, 0.1) is 6.20 Å². The van der Waals surface area contributed by atoms with Gasteiger partial charge < -0.3 is 10.6 Å². The van der Waals surface area contributed by atoms with Crippen LogP contribution in [0.4, 0.5) is 0 Å². The average molecular weight is 287 g/mol. The third-order valence-electron chi connectivity index (χ3n) is 3.44. The highest BCUT2D eigenvalue weighted by Crippen LogP contribution is 2.15. The van der Waals surface area contributed by atoms with E-state index >= 15 is 0 Å². The van der Waals surface area contributed by atoms with E-state index in [0.717, 1.165) is 32.5 Å². The first-order chi connectivity index (χ1) is 9.06. The number of likely N-dealkylation sites (tertiary alicyclic amines) is 1. The van der Waals surface area contributed by atoms with Gasteiger partial charge in [-0.2, -0.15) is 5.10 Å². The van der Waals surface area contributed by atoms with E-state index in [-0.39, 0.29) is 17.6 Å². The summed E-state index contributed by atoms with van der Waals surface area (Å²) in [6.07, 6.45) is 3.32. The maximum absolute atomic E-state index is 12.3. The van der Waals surface area contributed by atoms with Gasteiger partial charge >= 0.3 is 0 Å². The fourth-order valence-electron chi connectivity index (χ4n) is 2.39. The minimum atomic E-state index is -3.57. The molecule has 108 valence electrons. The predicted octanol–water partition coefficient (Wildman–Crippen LogP) is -0.369. The van der Waals surface area contributed by atoms with Crippen molar-refractivity contribution in [1.29, 1.82) is 0 Å². The molecule has 8 heteroatoms. The highest BCUT2D eigenvalue weighted by molar-refractivity contribution is 7.89. The summed E-state index contributed by atoms with van der Waals surface area (Å²) in [5.41, 5.74) is 6.02. The van der Waals surface area contributed by atoms with Gasteiger partial charge in [0.15, 0.2) is 5.03 Å². The maximum Gasteiger partial charge on any atom is 0.258 e. The molecule has 4 N–H and O–H groups in total. The Kier molecular flexibility index (Phi) is 4.56. The van der Waals surface area contributed by atoms with Crippen molar-refractivity contribution >= 4 is 10.0 Å². The average Bonchev–Trinajstić information content (AvgIpc) is 2.87. The Morgan fingerprint density at radius 3 is 3.11 bits per heavy atom. The smallest absolute Gasteiger partial charge is 0.258 e. The number of likely N-dealkylation sites (N-methyl/N-ethyl adjacent to an activating group) is 1. The quantitative estimate of drug-likeness (QED) is 0.685. The molecule has 0 aliphatic carbocycles. The zero-order chi connectivity index (χ0) is 13.9. The van der Waals surface area contributed by atoms with E-state index in [1.807, 2.05) is 0 Å². The van der Waals surface area contributed by atoms with Gasteiger partial charge in [-0.3, -0.25) is 5.10 Å². The molecule has 1 fully saturated rings. The zero-order valence-electron chi connectivity index (χ0n) is 11.1. The summed E-state index contributed by atoms with van der Waals surface area (Å²) >= 11 is 0. The van der Waals surface area contributed by atoms with Crippen molar-refractivity contribution in [3.05, 3.63) is 11.8 Å². The number of hydrogen-bond acceptors (Lipinski definition) is 5. The highest BCUT2D eigenvalue weighted by Gasteiger charge is 2.27. The standard InChI is InChI=1S/C11H21N5O2S/c1-2-16-5-3-4-10(8-16)15-19(17,18)11-9(6-12)7-13-14-11/h7,10,15H,2-6,8,12H2,1H3,(H,13,14). The Morgan fingerprint density at radius 1 is 1.63 bits per heavy atom. The van der Waals surface area contributed by atoms with Crippen LogP contribution in [0, 0.1) is 0 Å². The number of rotatable bonds is 5. The second-order valence-corrected chi connectivity index (χ2v) is 6.43. The fourth-order valence-corrected chi connectivity index (χ4v) is 3.80. The van der Waals surface area contributed by atoms with Gasteiger partial charge in [0.25, 0.3) is 10.0 Å². The molecule has 0 spiro atoms. The van der Waals surface area contributed by atoms with E-state index in [9.17, 15) is 8.42 Å².